The molecule has 22 heavy (non-hydrogen) atoms. The SMILES string of the molecule is CC(C)n1c(SCc2cccc(F)c2)nnc1-c1cccs1. The van der Waals surface area contributed by atoms with Crippen molar-refractivity contribution in [2.75, 3.05) is 0 Å². The molecule has 0 bridgehead atoms. The van der Waals surface area contributed by atoms with Gasteiger partial charge in [-0.15, -0.1) is 21.5 Å². The highest BCUT2D eigenvalue weighted by molar-refractivity contribution is 7.98. The molecule has 0 N–H and O–H groups in total. The second-order valence-corrected chi connectivity index (χ2v) is 7.06. The first-order valence-electron chi connectivity index (χ1n) is 7.01. The zero-order chi connectivity index (χ0) is 15.5. The number of benzene rings is 1. The minimum Gasteiger partial charge on any atom is -0.299 e. The fourth-order valence-electron chi connectivity index (χ4n) is 2.19. The molecule has 0 unspecified atom stereocenters. The lowest BCUT2D eigenvalue weighted by molar-refractivity contribution is 0.555. The second kappa shape index (κ2) is 6.62. The van der Waals surface area contributed by atoms with Crippen LogP contribution in [0.3, 0.4) is 0 Å². The van der Waals surface area contributed by atoms with Gasteiger partial charge in [0.1, 0.15) is 5.82 Å². The highest BCUT2D eigenvalue weighted by Crippen LogP contribution is 2.31. The molecule has 2 aromatic heterocycles. The highest BCUT2D eigenvalue weighted by atomic mass is 32.2. The van der Waals surface area contributed by atoms with Gasteiger partial charge in [0, 0.05) is 11.8 Å². The first kappa shape index (κ1) is 15.2. The molecule has 0 radical (unpaired) electrons. The highest BCUT2D eigenvalue weighted by Gasteiger charge is 2.17. The Bertz CT molecular complexity index is 751. The average molecular weight is 333 g/mol. The van der Waals surface area contributed by atoms with E-state index in [9.17, 15) is 4.39 Å². The molecule has 3 aromatic rings. The van der Waals surface area contributed by atoms with E-state index in [0.29, 0.717) is 5.75 Å². The van der Waals surface area contributed by atoms with Crippen LogP contribution >= 0.6 is 23.1 Å². The van der Waals surface area contributed by atoms with E-state index in [1.807, 2.05) is 17.5 Å². The standard InChI is InChI=1S/C16H16FN3S2/c1-11(2)20-15(14-7-4-8-21-14)18-19-16(20)22-10-12-5-3-6-13(17)9-12/h3-9,11H,10H2,1-2H3. The fraction of sp³-hybridized carbons (Fsp3) is 0.250. The Hall–Kier alpha value is -1.66. The van der Waals surface area contributed by atoms with E-state index in [0.717, 1.165) is 21.4 Å². The third-order valence-electron chi connectivity index (χ3n) is 3.18. The second-order valence-electron chi connectivity index (χ2n) is 5.17. The van der Waals surface area contributed by atoms with E-state index in [1.165, 1.54) is 6.07 Å². The van der Waals surface area contributed by atoms with Crippen LogP contribution in [0.25, 0.3) is 10.7 Å². The molecule has 0 atom stereocenters. The minimum atomic E-state index is -0.206. The van der Waals surface area contributed by atoms with Crippen molar-refractivity contribution in [2.45, 2.75) is 30.8 Å². The van der Waals surface area contributed by atoms with E-state index in [1.54, 1.807) is 35.2 Å². The van der Waals surface area contributed by atoms with Crippen molar-refractivity contribution in [1.82, 2.24) is 14.8 Å². The van der Waals surface area contributed by atoms with Crippen LogP contribution in [-0.4, -0.2) is 14.8 Å². The topological polar surface area (TPSA) is 30.7 Å². The zero-order valence-electron chi connectivity index (χ0n) is 12.4. The zero-order valence-corrected chi connectivity index (χ0v) is 14.0. The van der Waals surface area contributed by atoms with E-state index in [4.69, 9.17) is 0 Å². The lowest BCUT2D eigenvalue weighted by Crippen LogP contribution is -2.04. The molecule has 6 heteroatoms. The maximum atomic E-state index is 13.2. The molecule has 2 heterocycles. The lowest BCUT2D eigenvalue weighted by Gasteiger charge is -2.12. The number of halogens is 1. The van der Waals surface area contributed by atoms with Gasteiger partial charge in [0.15, 0.2) is 11.0 Å². The molecule has 3 nitrogen and oxygen atoms in total. The van der Waals surface area contributed by atoms with Crippen molar-refractivity contribution in [2.24, 2.45) is 0 Å². The van der Waals surface area contributed by atoms with Crippen molar-refractivity contribution in [3.05, 3.63) is 53.2 Å². The number of aromatic nitrogens is 3. The van der Waals surface area contributed by atoms with E-state index in [2.05, 4.69) is 34.7 Å². The van der Waals surface area contributed by atoms with Crippen LogP contribution in [0.4, 0.5) is 4.39 Å². The maximum Gasteiger partial charge on any atom is 0.192 e. The summed E-state index contributed by atoms with van der Waals surface area (Å²) in [6, 6.07) is 11.0. The Morgan fingerprint density at radius 2 is 2.09 bits per heavy atom. The number of rotatable bonds is 5. The summed E-state index contributed by atoms with van der Waals surface area (Å²) in [6.45, 7) is 4.24. The molecule has 0 aliphatic rings. The number of thioether (sulfide) groups is 1. The first-order valence-corrected chi connectivity index (χ1v) is 8.87. The molecule has 0 spiro atoms. The van der Waals surface area contributed by atoms with E-state index >= 15 is 0 Å². The summed E-state index contributed by atoms with van der Waals surface area (Å²) in [7, 11) is 0. The number of hydrogen-bond acceptors (Lipinski definition) is 4. The summed E-state index contributed by atoms with van der Waals surface area (Å²) in [4.78, 5) is 1.11. The van der Waals surface area contributed by atoms with Crippen LogP contribution < -0.4 is 0 Å². The Morgan fingerprint density at radius 1 is 1.23 bits per heavy atom. The largest absolute Gasteiger partial charge is 0.299 e. The van der Waals surface area contributed by atoms with Gasteiger partial charge >= 0.3 is 0 Å². The maximum absolute atomic E-state index is 13.2. The predicted molar refractivity (Wildman–Crippen MR) is 89.7 cm³/mol. The monoisotopic (exact) mass is 333 g/mol. The molecule has 1 aromatic carbocycles. The van der Waals surface area contributed by atoms with Gasteiger partial charge in [-0.2, -0.15) is 0 Å². The fourth-order valence-corrected chi connectivity index (χ4v) is 3.91. The molecule has 0 saturated heterocycles. The molecule has 0 fully saturated rings. The van der Waals surface area contributed by atoms with Crippen LogP contribution in [0, 0.1) is 5.82 Å². The van der Waals surface area contributed by atoms with Crippen LogP contribution in [0.15, 0.2) is 46.9 Å². The van der Waals surface area contributed by atoms with Gasteiger partial charge in [-0.25, -0.2) is 4.39 Å². The van der Waals surface area contributed by atoms with Crippen molar-refractivity contribution in [1.29, 1.82) is 0 Å². The van der Waals surface area contributed by atoms with E-state index < -0.39 is 0 Å². The average Bonchev–Trinajstić information content (AvgIpc) is 3.14. The molecule has 114 valence electrons. The molecule has 3 rings (SSSR count). The predicted octanol–water partition coefficient (Wildman–Crippen LogP) is 5.02. The number of nitrogens with zero attached hydrogens (tertiary/aromatic N) is 3. The number of thiophene rings is 1. The smallest absolute Gasteiger partial charge is 0.192 e. The number of hydrogen-bond donors (Lipinski definition) is 0. The van der Waals surface area contributed by atoms with Crippen molar-refractivity contribution in [3.8, 4) is 10.7 Å². The molecular formula is C16H16FN3S2. The van der Waals surface area contributed by atoms with Crippen molar-refractivity contribution >= 4 is 23.1 Å². The van der Waals surface area contributed by atoms with Gasteiger partial charge in [0.2, 0.25) is 0 Å². The summed E-state index contributed by atoms with van der Waals surface area (Å²) >= 11 is 3.24. The van der Waals surface area contributed by atoms with Gasteiger partial charge in [-0.05, 0) is 43.0 Å². The Kier molecular flexibility index (Phi) is 4.59. The third kappa shape index (κ3) is 3.23. The summed E-state index contributed by atoms with van der Waals surface area (Å²) in [6.07, 6.45) is 0. The van der Waals surface area contributed by atoms with Crippen LogP contribution in [0.1, 0.15) is 25.5 Å². The molecule has 0 saturated carbocycles. The molecular weight excluding hydrogens is 317 g/mol. The summed E-state index contributed by atoms with van der Waals surface area (Å²) in [5.74, 6) is 1.36. The van der Waals surface area contributed by atoms with Gasteiger partial charge < -0.3 is 0 Å². The van der Waals surface area contributed by atoms with Crippen molar-refractivity contribution < 1.29 is 4.39 Å². The summed E-state index contributed by atoms with van der Waals surface area (Å²) in [5, 5.41) is 11.6. The van der Waals surface area contributed by atoms with Crippen molar-refractivity contribution in [3.63, 3.8) is 0 Å². The quantitative estimate of drug-likeness (QED) is 0.614. The summed E-state index contributed by atoms with van der Waals surface area (Å²) in [5.41, 5.74) is 0.945. The van der Waals surface area contributed by atoms with Gasteiger partial charge in [-0.1, -0.05) is 30.0 Å². The van der Waals surface area contributed by atoms with Crippen LogP contribution in [-0.2, 0) is 5.75 Å². The summed E-state index contributed by atoms with van der Waals surface area (Å²) < 4.78 is 15.4. The van der Waals surface area contributed by atoms with E-state index in [-0.39, 0.29) is 11.9 Å². The van der Waals surface area contributed by atoms with Gasteiger partial charge in [0.05, 0.1) is 4.88 Å². The molecule has 0 amide bonds. The normalized spacial score (nSPS) is 11.3. The van der Waals surface area contributed by atoms with Crippen LogP contribution in [0.2, 0.25) is 0 Å². The van der Waals surface area contributed by atoms with Crippen LogP contribution in [0.5, 0.6) is 0 Å². The van der Waals surface area contributed by atoms with Gasteiger partial charge in [-0.3, -0.25) is 4.57 Å². The third-order valence-corrected chi connectivity index (χ3v) is 5.06. The molecule has 0 aliphatic carbocycles. The molecule has 0 aliphatic heterocycles. The Morgan fingerprint density at radius 3 is 2.77 bits per heavy atom. The first-order chi connectivity index (χ1) is 10.6. The Balaban J connectivity index is 1.85. The Labute approximate surface area is 137 Å². The van der Waals surface area contributed by atoms with Gasteiger partial charge in [0.25, 0.3) is 0 Å². The lowest BCUT2D eigenvalue weighted by atomic mass is 10.2. The minimum absolute atomic E-state index is 0.206.